The van der Waals surface area contributed by atoms with Gasteiger partial charge in [-0.3, -0.25) is 0 Å². The van der Waals surface area contributed by atoms with Crippen molar-refractivity contribution in [2.75, 3.05) is 0 Å². The fraction of sp³-hybridized carbons (Fsp3) is 0.375. The summed E-state index contributed by atoms with van der Waals surface area (Å²) in [4.78, 5) is 0. The second-order valence-corrected chi connectivity index (χ2v) is 4.74. The summed E-state index contributed by atoms with van der Waals surface area (Å²) < 4.78 is 81.9. The molecule has 0 spiro atoms. The molecule has 0 aromatic heterocycles. The zero-order chi connectivity index (χ0) is 17.0. The Morgan fingerprint density at radius 1 is 1.09 bits per heavy atom. The van der Waals surface area contributed by atoms with Gasteiger partial charge >= 0.3 is 12.4 Å². The number of allylic oxidation sites excluding steroid dienone is 9. The molecule has 0 bridgehead atoms. The molecule has 6 heteroatoms. The standard InChI is InChI=1S/C16H16F6/c1-3-8-12(9-4-2)14(15(17,18)19,16(20,21)22)13-10-6-5-7-11-13/h3-4,6,8-11H,1,5,7H2,2H3/b9-4-,12-8+. The third kappa shape index (κ3) is 3.05. The number of halogens is 6. The highest BCUT2D eigenvalue weighted by molar-refractivity contribution is 5.47. The first-order valence-corrected chi connectivity index (χ1v) is 6.59. The van der Waals surface area contributed by atoms with E-state index in [0.717, 1.165) is 36.5 Å². The highest BCUT2D eigenvalue weighted by Gasteiger charge is 2.73. The van der Waals surface area contributed by atoms with E-state index in [2.05, 4.69) is 6.58 Å². The van der Waals surface area contributed by atoms with Crippen molar-refractivity contribution in [3.8, 4) is 0 Å². The molecule has 0 saturated heterocycles. The molecule has 0 nitrogen and oxygen atoms in total. The smallest absolute Gasteiger partial charge is 0.169 e. The van der Waals surface area contributed by atoms with E-state index >= 15 is 0 Å². The van der Waals surface area contributed by atoms with Gasteiger partial charge in [0.05, 0.1) is 0 Å². The van der Waals surface area contributed by atoms with Gasteiger partial charge < -0.3 is 0 Å². The zero-order valence-electron chi connectivity index (χ0n) is 11.9. The Balaban J connectivity index is 3.82. The van der Waals surface area contributed by atoms with Crippen LogP contribution in [0.4, 0.5) is 26.3 Å². The van der Waals surface area contributed by atoms with E-state index in [-0.39, 0.29) is 6.42 Å². The van der Waals surface area contributed by atoms with Gasteiger partial charge in [0, 0.05) is 0 Å². The highest BCUT2D eigenvalue weighted by Crippen LogP contribution is 2.60. The molecular formula is C16H16F6. The molecule has 0 aromatic rings. The molecule has 22 heavy (non-hydrogen) atoms. The summed E-state index contributed by atoms with van der Waals surface area (Å²) >= 11 is 0. The molecule has 0 atom stereocenters. The second kappa shape index (κ2) is 6.58. The lowest BCUT2D eigenvalue weighted by Gasteiger charge is -2.40. The van der Waals surface area contributed by atoms with Gasteiger partial charge in [-0.1, -0.05) is 49.1 Å². The molecule has 0 fully saturated rings. The Bertz CT molecular complexity index is 512. The van der Waals surface area contributed by atoms with Crippen molar-refractivity contribution in [1.29, 1.82) is 0 Å². The van der Waals surface area contributed by atoms with Crippen molar-refractivity contribution in [1.82, 2.24) is 0 Å². The van der Waals surface area contributed by atoms with Crippen LogP contribution >= 0.6 is 0 Å². The topological polar surface area (TPSA) is 0 Å². The minimum absolute atomic E-state index is 0.136. The molecule has 0 saturated carbocycles. The summed E-state index contributed by atoms with van der Waals surface area (Å²) in [7, 11) is 0. The van der Waals surface area contributed by atoms with Crippen LogP contribution in [0.15, 0.2) is 60.3 Å². The molecule has 1 rings (SSSR count). The lowest BCUT2D eigenvalue weighted by Crippen LogP contribution is -2.52. The summed E-state index contributed by atoms with van der Waals surface area (Å²) in [6.07, 6.45) is -3.63. The van der Waals surface area contributed by atoms with Crippen LogP contribution in [0, 0.1) is 5.41 Å². The third-order valence-electron chi connectivity index (χ3n) is 3.36. The van der Waals surface area contributed by atoms with Gasteiger partial charge in [0.1, 0.15) is 0 Å². The third-order valence-corrected chi connectivity index (χ3v) is 3.36. The second-order valence-electron chi connectivity index (χ2n) is 4.74. The fourth-order valence-corrected chi connectivity index (χ4v) is 2.49. The molecule has 0 N–H and O–H groups in total. The Morgan fingerprint density at radius 2 is 1.68 bits per heavy atom. The molecule has 0 unspecified atom stereocenters. The van der Waals surface area contributed by atoms with Crippen molar-refractivity contribution in [3.63, 3.8) is 0 Å². The van der Waals surface area contributed by atoms with Gasteiger partial charge in [-0.2, -0.15) is 26.3 Å². The summed E-state index contributed by atoms with van der Waals surface area (Å²) in [5.74, 6) is 0. The van der Waals surface area contributed by atoms with E-state index in [1.54, 1.807) is 0 Å². The number of hydrogen-bond donors (Lipinski definition) is 0. The molecule has 0 amide bonds. The van der Waals surface area contributed by atoms with Crippen molar-refractivity contribution in [2.24, 2.45) is 5.41 Å². The van der Waals surface area contributed by atoms with Crippen LogP contribution in [-0.4, -0.2) is 12.4 Å². The molecule has 0 aliphatic heterocycles. The lowest BCUT2D eigenvalue weighted by molar-refractivity contribution is -0.308. The minimum Gasteiger partial charge on any atom is -0.169 e. The molecule has 122 valence electrons. The summed E-state index contributed by atoms with van der Waals surface area (Å²) in [6, 6.07) is 0. The maximum absolute atomic E-state index is 13.6. The van der Waals surface area contributed by atoms with E-state index in [9.17, 15) is 26.3 Å². The SMILES string of the molecule is C=C/C=C(\C=C/C)C(C1=CCCC=C1)(C(F)(F)F)C(F)(F)F. The average Bonchev–Trinajstić information content (AvgIpc) is 2.38. The van der Waals surface area contributed by atoms with Crippen LogP contribution in [0.3, 0.4) is 0 Å². The van der Waals surface area contributed by atoms with Gasteiger partial charge in [0.25, 0.3) is 0 Å². The minimum atomic E-state index is -5.53. The maximum atomic E-state index is 13.6. The predicted octanol–water partition coefficient (Wildman–Crippen LogP) is 6.06. The fourth-order valence-electron chi connectivity index (χ4n) is 2.49. The lowest BCUT2D eigenvalue weighted by atomic mass is 9.70. The monoisotopic (exact) mass is 322 g/mol. The van der Waals surface area contributed by atoms with E-state index in [1.165, 1.54) is 13.0 Å². The van der Waals surface area contributed by atoms with E-state index < -0.39 is 28.9 Å². The van der Waals surface area contributed by atoms with Gasteiger partial charge in [-0.05, 0) is 30.9 Å². The molecule has 0 heterocycles. The van der Waals surface area contributed by atoms with Gasteiger partial charge in [0.2, 0.25) is 5.41 Å². The van der Waals surface area contributed by atoms with Crippen LogP contribution < -0.4 is 0 Å². The molecular weight excluding hydrogens is 306 g/mol. The first-order chi connectivity index (χ1) is 10.1. The Morgan fingerprint density at radius 3 is 2.05 bits per heavy atom. The van der Waals surface area contributed by atoms with Crippen molar-refractivity contribution in [2.45, 2.75) is 32.1 Å². The average molecular weight is 322 g/mol. The van der Waals surface area contributed by atoms with Gasteiger partial charge in [-0.25, -0.2) is 0 Å². The quantitative estimate of drug-likeness (QED) is 0.436. The summed E-state index contributed by atoms with van der Waals surface area (Å²) in [6.45, 7) is 4.58. The highest BCUT2D eigenvalue weighted by atomic mass is 19.4. The van der Waals surface area contributed by atoms with Crippen LogP contribution in [0.1, 0.15) is 19.8 Å². The first kappa shape index (κ1) is 18.3. The Labute approximate surface area is 125 Å². The van der Waals surface area contributed by atoms with Gasteiger partial charge in [-0.15, -0.1) is 0 Å². The zero-order valence-corrected chi connectivity index (χ0v) is 11.9. The molecule has 0 radical (unpaired) electrons. The number of alkyl halides is 6. The van der Waals surface area contributed by atoms with E-state index in [1.807, 2.05) is 0 Å². The van der Waals surface area contributed by atoms with Crippen LogP contribution in [0.25, 0.3) is 0 Å². The Kier molecular flexibility index (Phi) is 5.49. The predicted molar refractivity (Wildman–Crippen MR) is 74.1 cm³/mol. The molecule has 0 aromatic carbocycles. The molecule has 1 aliphatic rings. The first-order valence-electron chi connectivity index (χ1n) is 6.59. The number of rotatable bonds is 4. The molecule has 1 aliphatic carbocycles. The van der Waals surface area contributed by atoms with Gasteiger partial charge in [0.15, 0.2) is 0 Å². The van der Waals surface area contributed by atoms with Crippen molar-refractivity contribution < 1.29 is 26.3 Å². The van der Waals surface area contributed by atoms with Crippen molar-refractivity contribution >= 4 is 0 Å². The van der Waals surface area contributed by atoms with Crippen molar-refractivity contribution in [3.05, 3.63) is 60.3 Å². The summed E-state index contributed by atoms with van der Waals surface area (Å²) in [5, 5.41) is 0. The maximum Gasteiger partial charge on any atom is 0.411 e. The number of hydrogen-bond acceptors (Lipinski definition) is 0. The Hall–Kier alpha value is -1.72. The van der Waals surface area contributed by atoms with E-state index in [0.29, 0.717) is 6.42 Å². The summed E-state index contributed by atoms with van der Waals surface area (Å²) in [5.41, 5.74) is -5.76. The van der Waals surface area contributed by atoms with Crippen LogP contribution in [0.2, 0.25) is 0 Å². The van der Waals surface area contributed by atoms with E-state index in [4.69, 9.17) is 0 Å². The van der Waals surface area contributed by atoms with Crippen LogP contribution in [-0.2, 0) is 0 Å². The van der Waals surface area contributed by atoms with Crippen LogP contribution in [0.5, 0.6) is 0 Å². The normalized spacial score (nSPS) is 17.8. The largest absolute Gasteiger partial charge is 0.411 e.